The van der Waals surface area contributed by atoms with Crippen molar-refractivity contribution in [2.24, 2.45) is 5.92 Å². The molecule has 0 aliphatic rings. The van der Waals surface area contributed by atoms with Crippen molar-refractivity contribution in [3.63, 3.8) is 0 Å². The minimum Gasteiger partial charge on any atom is -0.198 e. The van der Waals surface area contributed by atoms with E-state index in [2.05, 4.69) is 19.6 Å². The number of nitriles is 1. The summed E-state index contributed by atoms with van der Waals surface area (Å²) in [4.78, 5) is 0. The summed E-state index contributed by atoms with van der Waals surface area (Å²) in [5.74, 6) is 0.197. The van der Waals surface area contributed by atoms with Crippen LogP contribution in [0.3, 0.4) is 0 Å². The number of rotatable bonds is 10. The smallest absolute Gasteiger partial charge is 0.0659 e. The topological polar surface area (TPSA) is 23.8 Å². The molecule has 0 rings (SSSR count). The average Bonchev–Trinajstić information content (AvgIpc) is 2.26. The molecule has 0 spiro atoms. The number of unbranched alkanes of at least 4 members (excludes halogenated alkanes) is 6. The van der Waals surface area contributed by atoms with Gasteiger partial charge in [-0.25, -0.2) is 0 Å². The quantitative estimate of drug-likeness (QED) is 0.377. The van der Waals surface area contributed by atoms with E-state index in [1.54, 1.807) is 0 Å². The summed E-state index contributed by atoms with van der Waals surface area (Å²) in [6.45, 7) is 7.50. The zero-order valence-corrected chi connectivity index (χ0v) is 9.88. The first kappa shape index (κ1) is 14.2. The van der Waals surface area contributed by atoms with Crippen molar-refractivity contribution in [2.75, 3.05) is 0 Å². The van der Waals surface area contributed by atoms with Crippen molar-refractivity contribution in [1.29, 1.82) is 5.26 Å². The van der Waals surface area contributed by atoms with Crippen molar-refractivity contribution >= 4 is 0 Å². The van der Waals surface area contributed by atoms with Crippen LogP contribution in [0.2, 0.25) is 0 Å². The summed E-state index contributed by atoms with van der Waals surface area (Å²) < 4.78 is 0. The van der Waals surface area contributed by atoms with Gasteiger partial charge in [-0.1, -0.05) is 57.9 Å². The summed E-state index contributed by atoms with van der Waals surface area (Å²) in [5.41, 5.74) is 0. The van der Waals surface area contributed by atoms with Crippen LogP contribution in [0.5, 0.6) is 0 Å². The van der Waals surface area contributed by atoms with Gasteiger partial charge in [0.2, 0.25) is 0 Å². The van der Waals surface area contributed by atoms with Crippen LogP contribution < -0.4 is 0 Å². The molecule has 1 radical (unpaired) electrons. The van der Waals surface area contributed by atoms with Gasteiger partial charge >= 0.3 is 0 Å². The highest BCUT2D eigenvalue weighted by Crippen LogP contribution is 2.14. The number of hydrogen-bond donors (Lipinski definition) is 0. The molecule has 0 heterocycles. The third kappa shape index (κ3) is 9.53. The average molecular weight is 206 g/mol. The Kier molecular flexibility index (Phi) is 10.7. The van der Waals surface area contributed by atoms with Crippen molar-refractivity contribution in [1.82, 2.24) is 0 Å². The van der Waals surface area contributed by atoms with E-state index in [4.69, 9.17) is 5.26 Å². The molecule has 85 valence electrons. The highest BCUT2D eigenvalue weighted by molar-refractivity contribution is 4.87. The largest absolute Gasteiger partial charge is 0.198 e. The lowest BCUT2D eigenvalue weighted by atomic mass is 9.98. The Hall–Kier alpha value is -0.770. The summed E-state index contributed by atoms with van der Waals surface area (Å²) >= 11 is 0. The van der Waals surface area contributed by atoms with E-state index in [1.165, 1.54) is 38.5 Å². The molecule has 0 bridgehead atoms. The van der Waals surface area contributed by atoms with Crippen molar-refractivity contribution in [3.8, 4) is 6.07 Å². The monoisotopic (exact) mass is 206 g/mol. The Morgan fingerprint density at radius 2 is 1.67 bits per heavy atom. The van der Waals surface area contributed by atoms with Gasteiger partial charge < -0.3 is 0 Å². The predicted octanol–water partition coefficient (Wildman–Crippen LogP) is 4.66. The predicted molar refractivity (Wildman–Crippen MR) is 66.2 cm³/mol. The van der Waals surface area contributed by atoms with Crippen molar-refractivity contribution in [2.45, 2.75) is 57.8 Å². The van der Waals surface area contributed by atoms with Crippen LogP contribution in [0.4, 0.5) is 0 Å². The fourth-order valence-corrected chi connectivity index (χ4v) is 1.71. The van der Waals surface area contributed by atoms with Crippen LogP contribution in [0.25, 0.3) is 0 Å². The van der Waals surface area contributed by atoms with E-state index in [-0.39, 0.29) is 5.92 Å². The Balaban J connectivity index is 3.22. The second kappa shape index (κ2) is 11.3. The Labute approximate surface area is 95.2 Å². The lowest BCUT2D eigenvalue weighted by Crippen LogP contribution is -1.95. The Morgan fingerprint density at radius 1 is 1.07 bits per heavy atom. The molecular formula is C14H24N. The molecule has 0 saturated carbocycles. The SMILES string of the molecule is [CH2]CCCCCCCCC(C#N)CC=C. The highest BCUT2D eigenvalue weighted by atomic mass is 14.3. The molecule has 0 aliphatic carbocycles. The fraction of sp³-hybridized carbons (Fsp3) is 0.714. The fourth-order valence-electron chi connectivity index (χ4n) is 1.71. The Bertz CT molecular complexity index is 178. The molecule has 0 fully saturated rings. The zero-order valence-electron chi connectivity index (χ0n) is 9.88. The standard InChI is InChI=1S/C14H24N/c1-3-5-6-7-8-9-10-12-14(13-15)11-4-2/h4,14H,1-3,5-12H2. The molecule has 15 heavy (non-hydrogen) atoms. The van der Waals surface area contributed by atoms with Crippen LogP contribution in [-0.2, 0) is 0 Å². The van der Waals surface area contributed by atoms with Crippen LogP contribution in [0.15, 0.2) is 12.7 Å². The molecule has 0 aromatic rings. The lowest BCUT2D eigenvalue weighted by Gasteiger charge is -2.05. The molecule has 1 unspecified atom stereocenters. The van der Waals surface area contributed by atoms with Crippen molar-refractivity contribution < 1.29 is 0 Å². The van der Waals surface area contributed by atoms with Gasteiger partial charge in [-0.3, -0.25) is 0 Å². The number of nitrogens with zero attached hydrogens (tertiary/aromatic N) is 1. The summed E-state index contributed by atoms with van der Waals surface area (Å²) in [6, 6.07) is 2.33. The summed E-state index contributed by atoms with van der Waals surface area (Å²) in [5, 5.41) is 8.83. The van der Waals surface area contributed by atoms with Crippen molar-refractivity contribution in [3.05, 3.63) is 19.6 Å². The maximum Gasteiger partial charge on any atom is 0.0659 e. The normalized spacial score (nSPS) is 12.0. The number of hydrogen-bond acceptors (Lipinski definition) is 1. The van der Waals surface area contributed by atoms with Gasteiger partial charge in [-0.15, -0.1) is 6.58 Å². The lowest BCUT2D eigenvalue weighted by molar-refractivity contribution is 0.526. The van der Waals surface area contributed by atoms with E-state index in [1.807, 2.05) is 6.08 Å². The van der Waals surface area contributed by atoms with Gasteiger partial charge in [0.15, 0.2) is 0 Å². The van der Waals surface area contributed by atoms with E-state index in [0.717, 1.165) is 19.3 Å². The number of allylic oxidation sites excluding steroid dienone is 1. The molecular weight excluding hydrogens is 182 g/mol. The third-order valence-corrected chi connectivity index (χ3v) is 2.69. The Morgan fingerprint density at radius 3 is 2.20 bits per heavy atom. The maximum atomic E-state index is 8.83. The molecule has 1 heteroatoms. The molecule has 0 aliphatic heterocycles. The summed E-state index contributed by atoms with van der Waals surface area (Å²) in [7, 11) is 0. The van der Waals surface area contributed by atoms with Gasteiger partial charge in [-0.2, -0.15) is 5.26 Å². The second-order valence-corrected chi connectivity index (χ2v) is 4.11. The van der Waals surface area contributed by atoms with E-state index in [9.17, 15) is 0 Å². The minimum absolute atomic E-state index is 0.197. The van der Waals surface area contributed by atoms with Crippen LogP contribution >= 0.6 is 0 Å². The van der Waals surface area contributed by atoms with E-state index in [0.29, 0.717) is 0 Å². The molecule has 1 atom stereocenters. The molecule has 0 aromatic carbocycles. The van der Waals surface area contributed by atoms with Gasteiger partial charge in [0.25, 0.3) is 0 Å². The molecule has 1 nitrogen and oxygen atoms in total. The minimum atomic E-state index is 0.197. The third-order valence-electron chi connectivity index (χ3n) is 2.69. The van der Waals surface area contributed by atoms with Gasteiger partial charge in [-0.05, 0) is 12.8 Å². The molecule has 0 aromatic heterocycles. The second-order valence-electron chi connectivity index (χ2n) is 4.11. The van der Waals surface area contributed by atoms with Crippen LogP contribution in [-0.4, -0.2) is 0 Å². The molecule has 0 saturated heterocycles. The van der Waals surface area contributed by atoms with Crippen LogP contribution in [0.1, 0.15) is 57.8 Å². The van der Waals surface area contributed by atoms with Gasteiger partial charge in [0.05, 0.1) is 6.07 Å². The zero-order chi connectivity index (χ0) is 11.4. The van der Waals surface area contributed by atoms with E-state index < -0.39 is 0 Å². The molecule has 0 amide bonds. The first-order chi connectivity index (χ1) is 7.35. The van der Waals surface area contributed by atoms with Gasteiger partial charge in [0.1, 0.15) is 0 Å². The first-order valence-electron chi connectivity index (χ1n) is 6.15. The first-order valence-corrected chi connectivity index (χ1v) is 6.15. The van der Waals surface area contributed by atoms with Gasteiger partial charge in [0, 0.05) is 5.92 Å². The van der Waals surface area contributed by atoms with E-state index >= 15 is 0 Å². The highest BCUT2D eigenvalue weighted by Gasteiger charge is 2.03. The van der Waals surface area contributed by atoms with Crippen LogP contribution in [0, 0.1) is 24.2 Å². The maximum absolute atomic E-state index is 8.83. The summed E-state index contributed by atoms with van der Waals surface area (Å²) in [6.07, 6.45) is 12.5. The molecule has 0 N–H and O–H groups in total.